The number of benzene rings is 1. The second kappa shape index (κ2) is 8.22. The van der Waals surface area contributed by atoms with E-state index >= 15 is 0 Å². The van der Waals surface area contributed by atoms with E-state index in [0.29, 0.717) is 22.3 Å². The second-order valence-corrected chi connectivity index (χ2v) is 8.40. The molecule has 0 spiro atoms. The molecule has 10 heteroatoms. The van der Waals surface area contributed by atoms with Crippen LogP contribution in [0.3, 0.4) is 0 Å². The third kappa shape index (κ3) is 3.97. The van der Waals surface area contributed by atoms with E-state index in [1.54, 1.807) is 12.4 Å². The normalized spacial score (nSPS) is 19.2. The van der Waals surface area contributed by atoms with Crippen molar-refractivity contribution in [1.82, 2.24) is 29.7 Å². The first-order valence-electron chi connectivity index (χ1n) is 10.2. The van der Waals surface area contributed by atoms with Gasteiger partial charge in [0.1, 0.15) is 11.2 Å². The first-order chi connectivity index (χ1) is 15.1. The van der Waals surface area contributed by atoms with Crippen LogP contribution in [-0.2, 0) is 6.54 Å². The Balaban J connectivity index is 1.59. The summed E-state index contributed by atoms with van der Waals surface area (Å²) in [5.41, 5.74) is 2.71. The molecule has 0 amide bonds. The molecule has 5 rings (SSSR count). The molecular formula is C21H20ClFN6O2. The summed E-state index contributed by atoms with van der Waals surface area (Å²) in [4.78, 5) is 27.5. The quantitative estimate of drug-likeness (QED) is 0.495. The van der Waals surface area contributed by atoms with Gasteiger partial charge >= 0.3 is 5.76 Å². The van der Waals surface area contributed by atoms with Crippen LogP contribution in [0.25, 0.3) is 34.1 Å². The van der Waals surface area contributed by atoms with Crippen molar-refractivity contribution in [3.8, 4) is 22.9 Å². The third-order valence-corrected chi connectivity index (χ3v) is 6.10. The summed E-state index contributed by atoms with van der Waals surface area (Å²) >= 11 is 6.23. The Kier molecular flexibility index (Phi) is 5.27. The summed E-state index contributed by atoms with van der Waals surface area (Å²) in [5, 5.41) is 4.28. The van der Waals surface area contributed by atoms with Gasteiger partial charge < -0.3 is 4.57 Å². The van der Waals surface area contributed by atoms with Crippen LogP contribution in [-0.4, -0.2) is 36.3 Å². The van der Waals surface area contributed by atoms with Crippen molar-refractivity contribution >= 4 is 22.8 Å². The average Bonchev–Trinajstić information content (AvgIpc) is 3.40. The lowest BCUT2D eigenvalue weighted by molar-refractivity contribution is 0.218. The highest BCUT2D eigenvalue weighted by atomic mass is 35.5. The summed E-state index contributed by atoms with van der Waals surface area (Å²) in [6.07, 6.45) is 5.55. The molecule has 0 aliphatic heterocycles. The Morgan fingerprint density at radius 3 is 2.71 bits per heavy atom. The smallest absolute Gasteiger partial charge is 0.327 e. The van der Waals surface area contributed by atoms with E-state index in [1.165, 1.54) is 0 Å². The van der Waals surface area contributed by atoms with Gasteiger partial charge in [-0.15, -0.1) is 0 Å². The number of hydrogen-bond acceptors (Lipinski definition) is 6. The number of aromatic nitrogens is 6. The van der Waals surface area contributed by atoms with E-state index in [4.69, 9.17) is 11.6 Å². The van der Waals surface area contributed by atoms with Crippen LogP contribution in [0.5, 0.6) is 0 Å². The zero-order valence-corrected chi connectivity index (χ0v) is 17.3. The van der Waals surface area contributed by atoms with Gasteiger partial charge in [0.2, 0.25) is 11.6 Å². The number of aromatic amines is 1. The molecule has 0 atom stereocenters. The molecule has 1 fully saturated rings. The minimum absolute atomic E-state index is 0.134. The standard InChI is InChI=1S/C21H20ClFN6O2/c22-15-3-1-2-14(8-15)16-17-18(26-19(25-16)20-27-21(30)31-28-20)24-11-29(17)10-13-6-4-12(9-23)5-7-13/h1-3,8,11-13H,4-7,9-10H2,(H,27,28,30)/t12-,13-. The van der Waals surface area contributed by atoms with Gasteiger partial charge in [-0.05, 0) is 49.7 Å². The molecule has 1 saturated carbocycles. The third-order valence-electron chi connectivity index (χ3n) is 5.86. The number of halogens is 2. The van der Waals surface area contributed by atoms with E-state index in [2.05, 4.69) is 34.2 Å². The van der Waals surface area contributed by atoms with E-state index in [1.807, 2.05) is 18.2 Å². The van der Waals surface area contributed by atoms with Gasteiger partial charge in [0, 0.05) is 17.1 Å². The zero-order chi connectivity index (χ0) is 21.4. The van der Waals surface area contributed by atoms with Crippen molar-refractivity contribution in [2.45, 2.75) is 32.2 Å². The van der Waals surface area contributed by atoms with Gasteiger partial charge in [0.15, 0.2) is 5.65 Å². The van der Waals surface area contributed by atoms with Crippen molar-refractivity contribution < 1.29 is 8.91 Å². The Hall–Kier alpha value is -3.07. The summed E-state index contributed by atoms with van der Waals surface area (Å²) in [6, 6.07) is 7.37. The molecule has 8 nitrogen and oxygen atoms in total. The lowest BCUT2D eigenvalue weighted by atomic mass is 9.82. The maximum absolute atomic E-state index is 13.0. The molecule has 31 heavy (non-hydrogen) atoms. The summed E-state index contributed by atoms with van der Waals surface area (Å²) in [6.45, 7) is 0.521. The van der Waals surface area contributed by atoms with E-state index < -0.39 is 5.76 Å². The molecule has 1 N–H and O–H groups in total. The maximum atomic E-state index is 13.0. The predicted octanol–water partition coefficient (Wildman–Crippen LogP) is 4.27. The van der Waals surface area contributed by atoms with Crippen LogP contribution in [0.1, 0.15) is 25.7 Å². The van der Waals surface area contributed by atoms with Gasteiger partial charge in [-0.2, -0.15) is 0 Å². The fourth-order valence-corrected chi connectivity index (χ4v) is 4.42. The first kappa shape index (κ1) is 19.9. The van der Waals surface area contributed by atoms with Crippen LogP contribution in [0, 0.1) is 11.8 Å². The maximum Gasteiger partial charge on any atom is 0.439 e. The van der Waals surface area contributed by atoms with Crippen LogP contribution < -0.4 is 5.76 Å². The number of nitrogens with zero attached hydrogens (tertiary/aromatic N) is 5. The van der Waals surface area contributed by atoms with Gasteiger partial charge in [-0.3, -0.25) is 13.9 Å². The lowest BCUT2D eigenvalue weighted by Gasteiger charge is -2.27. The molecule has 1 aliphatic rings. The number of alkyl halides is 1. The zero-order valence-electron chi connectivity index (χ0n) is 16.6. The SMILES string of the molecule is O=c1[nH]c(-c2nc(-c3cccc(Cl)c3)c3c(ncn3C[C@H]3CC[C@H](CF)CC3)n2)no1. The molecule has 0 unspecified atom stereocenters. The molecule has 0 saturated heterocycles. The van der Waals surface area contributed by atoms with E-state index in [0.717, 1.165) is 43.3 Å². The molecule has 0 radical (unpaired) electrons. The van der Waals surface area contributed by atoms with Crippen LogP contribution in [0.4, 0.5) is 4.39 Å². The number of nitrogens with one attached hydrogen (secondary N) is 1. The first-order valence-corrected chi connectivity index (χ1v) is 10.6. The highest BCUT2D eigenvalue weighted by Crippen LogP contribution is 2.33. The molecular weight excluding hydrogens is 423 g/mol. The molecule has 4 aromatic rings. The van der Waals surface area contributed by atoms with Crippen molar-refractivity contribution in [1.29, 1.82) is 0 Å². The highest BCUT2D eigenvalue weighted by Gasteiger charge is 2.24. The summed E-state index contributed by atoms with van der Waals surface area (Å²) < 4.78 is 19.6. The Morgan fingerprint density at radius 2 is 2.00 bits per heavy atom. The van der Waals surface area contributed by atoms with Crippen LogP contribution >= 0.6 is 11.6 Å². The fraction of sp³-hybridized carbons (Fsp3) is 0.381. The molecule has 1 aliphatic carbocycles. The average molecular weight is 443 g/mol. The molecule has 160 valence electrons. The topological polar surface area (TPSA) is 102 Å². The van der Waals surface area contributed by atoms with Crippen molar-refractivity contribution in [2.24, 2.45) is 11.8 Å². The van der Waals surface area contributed by atoms with Crippen LogP contribution in [0.15, 0.2) is 39.9 Å². The fourth-order valence-electron chi connectivity index (χ4n) is 4.23. The Bertz CT molecular complexity index is 1270. The number of rotatable bonds is 5. The Morgan fingerprint density at radius 1 is 1.19 bits per heavy atom. The van der Waals surface area contributed by atoms with Crippen molar-refractivity contribution in [3.05, 3.63) is 46.2 Å². The number of imidazole rings is 1. The van der Waals surface area contributed by atoms with Crippen LogP contribution in [0.2, 0.25) is 5.02 Å². The van der Waals surface area contributed by atoms with Gasteiger partial charge in [-0.1, -0.05) is 28.9 Å². The largest absolute Gasteiger partial charge is 0.439 e. The van der Waals surface area contributed by atoms with E-state index in [9.17, 15) is 9.18 Å². The van der Waals surface area contributed by atoms with Gasteiger partial charge in [0.25, 0.3) is 0 Å². The molecule has 3 aromatic heterocycles. The minimum Gasteiger partial charge on any atom is -0.327 e. The molecule has 0 bridgehead atoms. The summed E-state index contributed by atoms with van der Waals surface area (Å²) in [5.74, 6) is 0.293. The lowest BCUT2D eigenvalue weighted by Crippen LogP contribution is -2.19. The van der Waals surface area contributed by atoms with Crippen molar-refractivity contribution in [2.75, 3.05) is 6.67 Å². The van der Waals surface area contributed by atoms with Gasteiger partial charge in [0.05, 0.1) is 13.0 Å². The number of H-pyrrole nitrogens is 1. The molecule has 3 heterocycles. The van der Waals surface area contributed by atoms with Gasteiger partial charge in [-0.25, -0.2) is 19.7 Å². The van der Waals surface area contributed by atoms with Crippen molar-refractivity contribution in [3.63, 3.8) is 0 Å². The predicted molar refractivity (Wildman–Crippen MR) is 113 cm³/mol. The second-order valence-electron chi connectivity index (χ2n) is 7.96. The minimum atomic E-state index is -0.683. The Labute approximate surface area is 181 Å². The number of hydrogen-bond donors (Lipinski definition) is 1. The highest BCUT2D eigenvalue weighted by molar-refractivity contribution is 6.30. The van der Waals surface area contributed by atoms with E-state index in [-0.39, 0.29) is 24.2 Å². The monoisotopic (exact) mass is 442 g/mol. The number of fused-ring (bicyclic) bond motifs is 1. The summed E-state index contributed by atoms with van der Waals surface area (Å²) in [7, 11) is 0. The molecule has 1 aromatic carbocycles.